The van der Waals surface area contributed by atoms with Crippen LogP contribution in [0.5, 0.6) is 0 Å². The number of fused-ring (bicyclic) bond motifs is 3. The molecule has 2 heteroatoms. The predicted molar refractivity (Wildman–Crippen MR) is 102 cm³/mol. The van der Waals surface area contributed by atoms with E-state index < -0.39 is 0 Å². The summed E-state index contributed by atoms with van der Waals surface area (Å²) in [7, 11) is 2.19. The van der Waals surface area contributed by atoms with Crippen molar-refractivity contribution in [3.8, 4) is 11.1 Å². The van der Waals surface area contributed by atoms with Gasteiger partial charge in [0.15, 0.2) is 0 Å². The highest BCUT2D eigenvalue weighted by atomic mass is 15.4. The topological polar surface area (TPSA) is 6.48 Å². The molecule has 0 bridgehead atoms. The Morgan fingerprint density at radius 1 is 0.917 bits per heavy atom. The molecule has 1 heterocycles. The lowest BCUT2D eigenvalue weighted by Gasteiger charge is -2.32. The van der Waals surface area contributed by atoms with Gasteiger partial charge < -0.3 is 9.80 Å². The number of rotatable bonds is 1. The summed E-state index contributed by atoms with van der Waals surface area (Å²) in [6.45, 7) is 11.3. The van der Waals surface area contributed by atoms with Crippen LogP contribution in [0.25, 0.3) is 11.1 Å². The minimum atomic E-state index is 0.359. The van der Waals surface area contributed by atoms with Crippen LogP contribution in [-0.4, -0.2) is 18.1 Å². The Bertz CT molecular complexity index is 876. The summed E-state index contributed by atoms with van der Waals surface area (Å²) in [5.41, 5.74) is 12.8. The van der Waals surface area contributed by atoms with E-state index in [9.17, 15) is 0 Å². The van der Waals surface area contributed by atoms with Gasteiger partial charge in [0.05, 0.1) is 0 Å². The van der Waals surface area contributed by atoms with E-state index in [4.69, 9.17) is 0 Å². The van der Waals surface area contributed by atoms with Crippen LogP contribution in [0, 0.1) is 13.8 Å². The third-order valence-electron chi connectivity index (χ3n) is 6.29. The van der Waals surface area contributed by atoms with Crippen molar-refractivity contribution in [2.75, 3.05) is 11.9 Å². The summed E-state index contributed by atoms with van der Waals surface area (Å²) in [6.07, 6.45) is 1.43. The molecular formula is C22H26N2. The molecule has 1 aliphatic carbocycles. The molecule has 0 radical (unpaired) electrons. The zero-order valence-electron chi connectivity index (χ0n) is 15.6. The highest BCUT2D eigenvalue weighted by molar-refractivity contribution is 5.83. The molecule has 1 atom stereocenters. The van der Waals surface area contributed by atoms with Gasteiger partial charge in [-0.3, -0.25) is 0 Å². The van der Waals surface area contributed by atoms with E-state index in [-0.39, 0.29) is 0 Å². The van der Waals surface area contributed by atoms with Crippen LogP contribution in [0.4, 0.5) is 5.69 Å². The first-order valence-electron chi connectivity index (χ1n) is 8.82. The van der Waals surface area contributed by atoms with Crippen molar-refractivity contribution in [3.63, 3.8) is 0 Å². The van der Waals surface area contributed by atoms with E-state index in [1.165, 1.54) is 50.5 Å². The van der Waals surface area contributed by atoms with E-state index in [2.05, 4.69) is 81.8 Å². The third-order valence-corrected chi connectivity index (χ3v) is 6.29. The molecule has 0 saturated carbocycles. The van der Waals surface area contributed by atoms with Gasteiger partial charge in [0, 0.05) is 24.1 Å². The summed E-state index contributed by atoms with van der Waals surface area (Å²) in [6, 6.07) is 11.3. The second kappa shape index (κ2) is 5.14. The molecule has 0 saturated heterocycles. The van der Waals surface area contributed by atoms with E-state index >= 15 is 0 Å². The van der Waals surface area contributed by atoms with Gasteiger partial charge >= 0.3 is 0 Å². The average molecular weight is 318 g/mol. The van der Waals surface area contributed by atoms with Crippen LogP contribution in [0.15, 0.2) is 41.7 Å². The lowest BCUT2D eigenvalue weighted by Crippen LogP contribution is -2.36. The first-order valence-corrected chi connectivity index (χ1v) is 8.82. The molecule has 0 spiro atoms. The molecule has 1 aliphatic heterocycles. The minimum absolute atomic E-state index is 0.359. The van der Waals surface area contributed by atoms with Crippen LogP contribution in [0.3, 0.4) is 0 Å². The first kappa shape index (κ1) is 15.3. The molecule has 0 unspecified atom stereocenters. The fourth-order valence-corrected chi connectivity index (χ4v) is 4.34. The molecule has 124 valence electrons. The van der Waals surface area contributed by atoms with Gasteiger partial charge in [0.2, 0.25) is 0 Å². The number of nitrogens with zero attached hydrogens (tertiary/aromatic N) is 2. The highest BCUT2D eigenvalue weighted by Crippen LogP contribution is 2.44. The molecule has 4 rings (SSSR count). The van der Waals surface area contributed by atoms with Crippen molar-refractivity contribution in [2.45, 2.75) is 47.2 Å². The largest absolute Gasteiger partial charge is 0.356 e. The Morgan fingerprint density at radius 3 is 2.29 bits per heavy atom. The molecule has 2 aliphatic rings. The maximum atomic E-state index is 2.50. The minimum Gasteiger partial charge on any atom is -0.356 e. The molecule has 0 amide bonds. The molecule has 2 aromatic carbocycles. The van der Waals surface area contributed by atoms with Crippen molar-refractivity contribution in [3.05, 3.63) is 64.0 Å². The summed E-state index contributed by atoms with van der Waals surface area (Å²) < 4.78 is 0. The van der Waals surface area contributed by atoms with E-state index in [1.54, 1.807) is 0 Å². The second-order valence-corrected chi connectivity index (χ2v) is 7.29. The van der Waals surface area contributed by atoms with Gasteiger partial charge in [0.25, 0.3) is 0 Å². The van der Waals surface area contributed by atoms with Gasteiger partial charge in [-0.15, -0.1) is 0 Å². The molecule has 0 N–H and O–H groups in total. The fourth-order valence-electron chi connectivity index (χ4n) is 4.34. The Balaban J connectivity index is 1.93. The van der Waals surface area contributed by atoms with Crippen LogP contribution >= 0.6 is 0 Å². The number of allylic oxidation sites excluding steroid dienone is 2. The van der Waals surface area contributed by atoms with E-state index in [0.29, 0.717) is 6.17 Å². The fraction of sp³-hybridized carbons (Fsp3) is 0.364. The lowest BCUT2D eigenvalue weighted by atomic mass is 9.95. The van der Waals surface area contributed by atoms with Crippen LogP contribution in [-0.2, 0) is 6.42 Å². The molecule has 2 aromatic rings. The number of hydrogen-bond acceptors (Lipinski definition) is 2. The predicted octanol–water partition coefficient (Wildman–Crippen LogP) is 5.22. The quantitative estimate of drug-likeness (QED) is 0.606. The monoisotopic (exact) mass is 318 g/mol. The Hall–Kier alpha value is -2.22. The summed E-state index contributed by atoms with van der Waals surface area (Å²) in [4.78, 5) is 4.87. The SMILES string of the molecule is CC1=C(C)N(c2cc3c(c(C)c2C)Cc2ccccc2-3)[C@H](C)N1C. The number of hydrogen-bond donors (Lipinski definition) is 0. The van der Waals surface area contributed by atoms with Gasteiger partial charge in [-0.2, -0.15) is 0 Å². The third kappa shape index (κ3) is 1.89. The van der Waals surface area contributed by atoms with E-state index in [1.807, 2.05) is 0 Å². The summed E-state index contributed by atoms with van der Waals surface area (Å²) >= 11 is 0. The van der Waals surface area contributed by atoms with Gasteiger partial charge in [-0.25, -0.2) is 0 Å². The molecule has 0 fully saturated rings. The Morgan fingerprint density at radius 2 is 1.62 bits per heavy atom. The van der Waals surface area contributed by atoms with Crippen molar-refractivity contribution < 1.29 is 0 Å². The van der Waals surface area contributed by atoms with E-state index in [0.717, 1.165) is 6.42 Å². The Labute approximate surface area is 145 Å². The van der Waals surface area contributed by atoms with Crippen molar-refractivity contribution in [1.82, 2.24) is 4.90 Å². The standard InChI is InChI=1S/C22H26N2/c1-13-14(2)22(24-16(4)15(3)23(6)17(24)5)12-21-19-10-8-7-9-18(19)11-20(13)21/h7-10,12,17H,11H2,1-6H3/t17-/m1/s1. The smallest absolute Gasteiger partial charge is 0.103 e. The molecule has 2 nitrogen and oxygen atoms in total. The normalized spacial score (nSPS) is 19.2. The van der Waals surface area contributed by atoms with Crippen LogP contribution < -0.4 is 4.90 Å². The van der Waals surface area contributed by atoms with Gasteiger partial charge in [0.1, 0.15) is 6.17 Å². The van der Waals surface area contributed by atoms with Crippen molar-refractivity contribution >= 4 is 5.69 Å². The summed E-state index contributed by atoms with van der Waals surface area (Å²) in [5.74, 6) is 0. The van der Waals surface area contributed by atoms with Crippen molar-refractivity contribution in [1.29, 1.82) is 0 Å². The first-order chi connectivity index (χ1) is 11.4. The number of anilines is 1. The maximum absolute atomic E-state index is 2.50. The molecule has 24 heavy (non-hydrogen) atoms. The van der Waals surface area contributed by atoms with Crippen LogP contribution in [0.2, 0.25) is 0 Å². The molecular weight excluding hydrogens is 292 g/mol. The van der Waals surface area contributed by atoms with Crippen molar-refractivity contribution in [2.24, 2.45) is 0 Å². The highest BCUT2D eigenvalue weighted by Gasteiger charge is 2.32. The Kier molecular flexibility index (Phi) is 3.28. The zero-order valence-corrected chi connectivity index (χ0v) is 15.6. The lowest BCUT2D eigenvalue weighted by molar-refractivity contribution is 0.357. The maximum Gasteiger partial charge on any atom is 0.103 e. The molecule has 0 aromatic heterocycles. The van der Waals surface area contributed by atoms with Gasteiger partial charge in [-0.1, -0.05) is 24.3 Å². The average Bonchev–Trinajstić information content (AvgIpc) is 3.04. The zero-order chi connectivity index (χ0) is 17.2. The van der Waals surface area contributed by atoms with Gasteiger partial charge in [-0.05, 0) is 80.5 Å². The summed E-state index contributed by atoms with van der Waals surface area (Å²) in [5, 5.41) is 0. The number of benzene rings is 2. The second-order valence-electron chi connectivity index (χ2n) is 7.29. The van der Waals surface area contributed by atoms with Crippen LogP contribution in [0.1, 0.15) is 43.0 Å².